The summed E-state index contributed by atoms with van der Waals surface area (Å²) in [5.74, 6) is 0.353. The Morgan fingerprint density at radius 3 is 2.68 bits per heavy atom. The highest BCUT2D eigenvalue weighted by molar-refractivity contribution is 7.91. The fourth-order valence-corrected chi connectivity index (χ4v) is 4.92. The van der Waals surface area contributed by atoms with E-state index in [9.17, 15) is 13.5 Å². The summed E-state index contributed by atoms with van der Waals surface area (Å²) in [5.41, 5.74) is 1.75. The third-order valence-electron chi connectivity index (χ3n) is 3.91. The zero-order chi connectivity index (χ0) is 14.2. The van der Waals surface area contributed by atoms with Gasteiger partial charge >= 0.3 is 0 Å². The first-order valence-corrected chi connectivity index (χ1v) is 8.53. The molecular weight excluding hydrogens is 288 g/mol. The first kappa shape index (κ1) is 14.8. The quantitative estimate of drug-likeness (QED) is 0.899. The molecule has 0 amide bonds. The van der Waals surface area contributed by atoms with Gasteiger partial charge in [-0.15, -0.1) is 0 Å². The molecule has 0 spiro atoms. The Balaban J connectivity index is 2.16. The number of sulfone groups is 1. The highest BCUT2D eigenvalue weighted by Crippen LogP contribution is 2.31. The minimum Gasteiger partial charge on any atom is -0.396 e. The molecule has 1 aliphatic rings. The Morgan fingerprint density at radius 1 is 1.58 bits per heavy atom. The zero-order valence-corrected chi connectivity index (χ0v) is 12.7. The third kappa shape index (κ3) is 3.12. The molecule has 1 aromatic rings. The normalized spacial score (nSPS) is 23.7. The smallest absolute Gasteiger partial charge is 0.150 e. The van der Waals surface area contributed by atoms with Crippen molar-refractivity contribution in [3.8, 4) is 0 Å². The first-order chi connectivity index (χ1) is 8.84. The van der Waals surface area contributed by atoms with Gasteiger partial charge in [-0.1, -0.05) is 11.6 Å². The number of halogens is 1. The van der Waals surface area contributed by atoms with E-state index in [0.717, 1.165) is 11.3 Å². The molecule has 1 N–H and O–H groups in total. The van der Waals surface area contributed by atoms with E-state index in [1.807, 2.05) is 6.92 Å². The van der Waals surface area contributed by atoms with Gasteiger partial charge in [0, 0.05) is 19.2 Å². The van der Waals surface area contributed by atoms with Crippen LogP contribution < -0.4 is 0 Å². The predicted octanol–water partition coefficient (Wildman–Crippen LogP) is 0.968. The standard InChI is InChI=1S/C12H19ClN2O3S/c1-8-11(12(13)15(2)14-8)5-10(6-16)9-3-4-19(17,18)7-9/h9-10,16H,3-7H2,1-2H3. The van der Waals surface area contributed by atoms with Crippen LogP contribution in [0.3, 0.4) is 0 Å². The monoisotopic (exact) mass is 306 g/mol. The number of nitrogens with zero attached hydrogens (tertiary/aromatic N) is 2. The Kier molecular flexibility index (Phi) is 4.23. The lowest BCUT2D eigenvalue weighted by Crippen LogP contribution is -2.22. The van der Waals surface area contributed by atoms with E-state index in [1.54, 1.807) is 11.7 Å². The van der Waals surface area contributed by atoms with Crippen LogP contribution >= 0.6 is 11.6 Å². The minimum absolute atomic E-state index is 0.0191. The van der Waals surface area contributed by atoms with Crippen LogP contribution in [0.5, 0.6) is 0 Å². The molecule has 1 aliphatic heterocycles. The van der Waals surface area contributed by atoms with Crippen LogP contribution in [0.1, 0.15) is 17.7 Å². The molecule has 2 unspecified atom stereocenters. The van der Waals surface area contributed by atoms with E-state index < -0.39 is 9.84 Å². The van der Waals surface area contributed by atoms with Crippen molar-refractivity contribution >= 4 is 21.4 Å². The van der Waals surface area contributed by atoms with Gasteiger partial charge in [-0.25, -0.2) is 8.42 Å². The molecule has 0 radical (unpaired) electrons. The minimum atomic E-state index is -2.92. The van der Waals surface area contributed by atoms with Crippen molar-refractivity contribution in [1.29, 1.82) is 0 Å². The summed E-state index contributed by atoms with van der Waals surface area (Å²) in [5, 5.41) is 14.3. The van der Waals surface area contributed by atoms with Crippen molar-refractivity contribution in [3.63, 3.8) is 0 Å². The number of hydrogen-bond acceptors (Lipinski definition) is 4. The highest BCUT2D eigenvalue weighted by Gasteiger charge is 2.34. The second-order valence-corrected chi connectivity index (χ2v) is 7.88. The summed E-state index contributed by atoms with van der Waals surface area (Å²) in [7, 11) is -1.15. The van der Waals surface area contributed by atoms with Gasteiger partial charge < -0.3 is 5.11 Å². The van der Waals surface area contributed by atoms with Crippen molar-refractivity contribution in [2.45, 2.75) is 19.8 Å². The molecule has 1 saturated heterocycles. The molecule has 0 bridgehead atoms. The molecule has 2 atom stereocenters. The molecule has 7 heteroatoms. The maximum atomic E-state index is 11.5. The average Bonchev–Trinajstić information content (AvgIpc) is 2.79. The van der Waals surface area contributed by atoms with Gasteiger partial charge in [0.15, 0.2) is 9.84 Å². The number of hydrogen-bond donors (Lipinski definition) is 1. The lowest BCUT2D eigenvalue weighted by atomic mass is 9.87. The van der Waals surface area contributed by atoms with E-state index in [-0.39, 0.29) is 29.9 Å². The Labute approximate surface area is 118 Å². The first-order valence-electron chi connectivity index (χ1n) is 6.33. The van der Waals surface area contributed by atoms with E-state index in [1.165, 1.54) is 0 Å². The lowest BCUT2D eigenvalue weighted by molar-refractivity contribution is 0.184. The van der Waals surface area contributed by atoms with Crippen LogP contribution in [0.15, 0.2) is 0 Å². The molecule has 2 rings (SSSR count). The van der Waals surface area contributed by atoms with Crippen LogP contribution in [-0.2, 0) is 23.3 Å². The molecule has 2 heterocycles. The van der Waals surface area contributed by atoms with E-state index in [0.29, 0.717) is 18.0 Å². The van der Waals surface area contributed by atoms with E-state index in [2.05, 4.69) is 5.10 Å². The SMILES string of the molecule is Cc1nn(C)c(Cl)c1CC(CO)C1CCS(=O)(=O)C1. The summed E-state index contributed by atoms with van der Waals surface area (Å²) in [4.78, 5) is 0. The molecule has 1 aromatic heterocycles. The van der Waals surface area contributed by atoms with Gasteiger partial charge in [0.25, 0.3) is 0 Å². The van der Waals surface area contributed by atoms with Crippen molar-refractivity contribution < 1.29 is 13.5 Å². The van der Waals surface area contributed by atoms with Crippen molar-refractivity contribution in [2.24, 2.45) is 18.9 Å². The highest BCUT2D eigenvalue weighted by atomic mass is 35.5. The second kappa shape index (κ2) is 5.42. The number of aromatic nitrogens is 2. The van der Waals surface area contributed by atoms with E-state index >= 15 is 0 Å². The Hall–Kier alpha value is -0.590. The van der Waals surface area contributed by atoms with E-state index in [4.69, 9.17) is 11.6 Å². The number of rotatable bonds is 4. The summed E-state index contributed by atoms with van der Waals surface area (Å²) >= 11 is 6.18. The lowest BCUT2D eigenvalue weighted by Gasteiger charge is -2.20. The zero-order valence-electron chi connectivity index (χ0n) is 11.1. The Morgan fingerprint density at radius 2 is 2.26 bits per heavy atom. The van der Waals surface area contributed by atoms with Crippen LogP contribution in [0, 0.1) is 18.8 Å². The largest absolute Gasteiger partial charge is 0.396 e. The summed E-state index contributed by atoms with van der Waals surface area (Å²) < 4.78 is 24.7. The average molecular weight is 307 g/mol. The van der Waals surface area contributed by atoms with Crippen LogP contribution in [0.4, 0.5) is 0 Å². The summed E-state index contributed by atoms with van der Waals surface area (Å²) in [6.45, 7) is 1.85. The molecule has 1 fully saturated rings. The van der Waals surface area contributed by atoms with Crippen LogP contribution in [0.25, 0.3) is 0 Å². The van der Waals surface area contributed by atoms with Gasteiger partial charge in [0.1, 0.15) is 5.15 Å². The summed E-state index contributed by atoms with van der Waals surface area (Å²) in [6.07, 6.45) is 1.21. The van der Waals surface area contributed by atoms with Gasteiger partial charge in [-0.05, 0) is 31.6 Å². The fourth-order valence-electron chi connectivity index (χ4n) is 2.74. The van der Waals surface area contributed by atoms with Crippen molar-refractivity contribution in [2.75, 3.05) is 18.1 Å². The Bertz CT molecular complexity index is 568. The van der Waals surface area contributed by atoms with Crippen LogP contribution in [0.2, 0.25) is 5.15 Å². The maximum Gasteiger partial charge on any atom is 0.150 e. The predicted molar refractivity (Wildman–Crippen MR) is 74.0 cm³/mol. The topological polar surface area (TPSA) is 72.2 Å². The molecule has 0 aromatic carbocycles. The molecule has 0 aliphatic carbocycles. The molecule has 5 nitrogen and oxygen atoms in total. The maximum absolute atomic E-state index is 11.5. The molecular formula is C12H19ClN2O3S. The molecule has 19 heavy (non-hydrogen) atoms. The number of aliphatic hydroxyl groups excluding tert-OH is 1. The number of aliphatic hydroxyl groups is 1. The van der Waals surface area contributed by atoms with Crippen molar-refractivity contribution in [1.82, 2.24) is 9.78 Å². The van der Waals surface area contributed by atoms with Gasteiger partial charge in [-0.3, -0.25) is 4.68 Å². The van der Waals surface area contributed by atoms with Crippen LogP contribution in [-0.4, -0.2) is 41.4 Å². The summed E-state index contributed by atoms with van der Waals surface area (Å²) in [6, 6.07) is 0. The fraction of sp³-hybridized carbons (Fsp3) is 0.750. The van der Waals surface area contributed by atoms with Gasteiger partial charge in [0.2, 0.25) is 0 Å². The molecule has 0 saturated carbocycles. The molecule has 108 valence electrons. The third-order valence-corrected chi connectivity index (χ3v) is 6.17. The van der Waals surface area contributed by atoms with Gasteiger partial charge in [-0.2, -0.15) is 5.10 Å². The number of aryl methyl sites for hydroxylation is 2. The van der Waals surface area contributed by atoms with Crippen molar-refractivity contribution in [3.05, 3.63) is 16.4 Å². The van der Waals surface area contributed by atoms with Gasteiger partial charge in [0.05, 0.1) is 17.2 Å². The second-order valence-electron chi connectivity index (χ2n) is 5.29.